The Kier molecular flexibility index (Phi) is 4.58. The second kappa shape index (κ2) is 7.04. The van der Waals surface area contributed by atoms with E-state index in [2.05, 4.69) is 17.3 Å². The predicted octanol–water partition coefficient (Wildman–Crippen LogP) is 2.47. The Hall–Kier alpha value is -2.86. The van der Waals surface area contributed by atoms with Crippen molar-refractivity contribution in [1.29, 1.82) is 0 Å². The number of likely N-dealkylation sites (N-methyl/N-ethyl adjacent to an activating group) is 1. The number of rotatable bonds is 3. The minimum Gasteiger partial charge on any atom is -0.451 e. The van der Waals surface area contributed by atoms with Gasteiger partial charge in [-0.15, -0.1) is 0 Å². The fraction of sp³-hybridized carbons (Fsp3) is 0.286. The van der Waals surface area contributed by atoms with Crippen LogP contribution in [0.3, 0.4) is 0 Å². The van der Waals surface area contributed by atoms with Crippen molar-refractivity contribution in [2.24, 2.45) is 0 Å². The number of nitrogens with zero attached hydrogens (tertiary/aromatic N) is 1. The molecule has 1 aromatic heterocycles. The molecule has 0 bridgehead atoms. The highest BCUT2D eigenvalue weighted by molar-refractivity contribution is 6.07. The van der Waals surface area contributed by atoms with Gasteiger partial charge in [0.2, 0.25) is 0 Å². The molecule has 0 atom stereocenters. The molecule has 27 heavy (non-hydrogen) atoms. The van der Waals surface area contributed by atoms with Gasteiger partial charge in [-0.2, -0.15) is 0 Å². The maximum atomic E-state index is 13.5. The molecule has 2 aromatic carbocycles. The second-order valence-corrected chi connectivity index (χ2v) is 7.11. The van der Waals surface area contributed by atoms with E-state index in [9.17, 15) is 9.18 Å². The molecule has 1 amide bonds. The van der Waals surface area contributed by atoms with Crippen LogP contribution in [0, 0.1) is 12.7 Å². The topological polar surface area (TPSA) is 49.9 Å². The summed E-state index contributed by atoms with van der Waals surface area (Å²) in [5.74, 6) is -0.453. The van der Waals surface area contributed by atoms with Crippen molar-refractivity contribution < 1.29 is 18.5 Å². The molecule has 6 heteroatoms. The van der Waals surface area contributed by atoms with E-state index in [1.165, 1.54) is 17.0 Å². The molecule has 1 fully saturated rings. The van der Waals surface area contributed by atoms with E-state index in [4.69, 9.17) is 4.42 Å². The number of aryl methyl sites for hydroxylation is 1. The van der Waals surface area contributed by atoms with Gasteiger partial charge in [-0.1, -0.05) is 12.1 Å². The van der Waals surface area contributed by atoms with Crippen molar-refractivity contribution in [3.05, 3.63) is 59.6 Å². The third-order valence-electron chi connectivity index (χ3n) is 5.21. The number of nitrogens with one attached hydrogen (secondary N) is 2. The molecule has 0 saturated carbocycles. The molecule has 0 radical (unpaired) electrons. The fourth-order valence-electron chi connectivity index (χ4n) is 3.57. The second-order valence-electron chi connectivity index (χ2n) is 7.11. The molecule has 3 aromatic rings. The van der Waals surface area contributed by atoms with E-state index in [1.54, 1.807) is 13.0 Å². The average Bonchev–Trinajstić information content (AvgIpc) is 2.99. The van der Waals surface area contributed by atoms with Crippen LogP contribution in [0.2, 0.25) is 0 Å². The maximum absolute atomic E-state index is 13.5. The predicted molar refractivity (Wildman–Crippen MR) is 104 cm³/mol. The molecule has 1 aliphatic heterocycles. The number of furan rings is 1. The van der Waals surface area contributed by atoms with Gasteiger partial charge in [-0.05, 0) is 37.3 Å². The number of benzene rings is 2. The largest absolute Gasteiger partial charge is 0.451 e. The number of fused-ring (bicyclic) bond motifs is 1. The van der Waals surface area contributed by atoms with E-state index >= 15 is 0 Å². The molecule has 1 saturated heterocycles. The molecular weight excluding hydrogens is 345 g/mol. The summed E-state index contributed by atoms with van der Waals surface area (Å²) in [6, 6.07) is 12.1. The van der Waals surface area contributed by atoms with E-state index < -0.39 is 0 Å². The number of quaternary nitrogens is 1. The lowest BCUT2D eigenvalue weighted by atomic mass is 10.1. The summed E-state index contributed by atoms with van der Waals surface area (Å²) in [4.78, 5) is 16.7. The van der Waals surface area contributed by atoms with Crippen LogP contribution in [0.25, 0.3) is 11.0 Å². The summed E-state index contributed by atoms with van der Waals surface area (Å²) in [5, 5.41) is 3.60. The lowest BCUT2D eigenvalue weighted by molar-refractivity contribution is -0.880. The maximum Gasteiger partial charge on any atom is 0.291 e. The molecule has 0 unspecified atom stereocenters. The monoisotopic (exact) mass is 368 g/mol. The van der Waals surface area contributed by atoms with Crippen LogP contribution < -0.4 is 15.1 Å². The lowest BCUT2D eigenvalue weighted by Crippen LogP contribution is -3.12. The van der Waals surface area contributed by atoms with Crippen molar-refractivity contribution >= 4 is 28.3 Å². The molecule has 0 spiro atoms. The first kappa shape index (κ1) is 17.5. The minimum atomic E-state index is -0.346. The fourth-order valence-corrected chi connectivity index (χ4v) is 3.57. The normalized spacial score (nSPS) is 15.3. The number of halogens is 1. The zero-order chi connectivity index (χ0) is 19.0. The van der Waals surface area contributed by atoms with Gasteiger partial charge in [-0.3, -0.25) is 4.79 Å². The highest BCUT2D eigenvalue weighted by atomic mass is 19.1. The Morgan fingerprint density at radius 1 is 1.19 bits per heavy atom. The van der Waals surface area contributed by atoms with Gasteiger partial charge in [0.15, 0.2) is 5.76 Å². The summed E-state index contributed by atoms with van der Waals surface area (Å²) in [6.07, 6.45) is 0. The van der Waals surface area contributed by atoms with Crippen LogP contribution in [0.4, 0.5) is 15.8 Å². The summed E-state index contributed by atoms with van der Waals surface area (Å²) < 4.78 is 19.2. The van der Waals surface area contributed by atoms with Crippen molar-refractivity contribution in [3.63, 3.8) is 0 Å². The van der Waals surface area contributed by atoms with Crippen molar-refractivity contribution in [2.45, 2.75) is 6.92 Å². The molecule has 2 heterocycles. The number of hydrogen-bond acceptors (Lipinski definition) is 3. The summed E-state index contributed by atoms with van der Waals surface area (Å²) in [7, 11) is 2.19. The van der Waals surface area contributed by atoms with Gasteiger partial charge >= 0.3 is 0 Å². The van der Waals surface area contributed by atoms with Gasteiger partial charge in [0.25, 0.3) is 5.91 Å². The van der Waals surface area contributed by atoms with Crippen molar-refractivity contribution in [3.8, 4) is 0 Å². The van der Waals surface area contributed by atoms with E-state index in [1.807, 2.05) is 24.3 Å². The van der Waals surface area contributed by atoms with E-state index in [0.717, 1.165) is 37.6 Å². The van der Waals surface area contributed by atoms with Gasteiger partial charge in [-0.25, -0.2) is 4.39 Å². The molecule has 0 aliphatic carbocycles. The quantitative estimate of drug-likeness (QED) is 0.747. The molecule has 2 N–H and O–H groups in total. The van der Waals surface area contributed by atoms with Crippen LogP contribution >= 0.6 is 0 Å². The zero-order valence-electron chi connectivity index (χ0n) is 15.5. The van der Waals surface area contributed by atoms with E-state index in [-0.39, 0.29) is 17.5 Å². The Labute approximate surface area is 157 Å². The third-order valence-corrected chi connectivity index (χ3v) is 5.21. The number of hydrogen-bond donors (Lipinski definition) is 2. The van der Waals surface area contributed by atoms with Crippen LogP contribution in [0.15, 0.2) is 46.9 Å². The van der Waals surface area contributed by atoms with Crippen LogP contribution in [-0.2, 0) is 0 Å². The average molecular weight is 368 g/mol. The van der Waals surface area contributed by atoms with E-state index in [0.29, 0.717) is 16.5 Å². The molecule has 4 rings (SSSR count). The Balaban J connectivity index is 1.61. The number of para-hydroxylation sites is 2. The standard InChI is InChI=1S/C21H22FN3O2/c1-14-16-13-15(22)7-8-19(16)27-20(14)21(26)23-17-5-3-4-6-18(17)25-11-9-24(2)10-12-25/h3-8,13H,9-12H2,1-2H3,(H,23,26)/p+1. The van der Waals surface area contributed by atoms with Crippen LogP contribution in [-0.4, -0.2) is 39.1 Å². The molecule has 1 aliphatic rings. The Bertz CT molecular complexity index is 990. The first-order chi connectivity index (χ1) is 13.0. The molecule has 5 nitrogen and oxygen atoms in total. The number of carbonyl (C=O) groups excluding carboxylic acids is 1. The zero-order valence-corrected chi connectivity index (χ0v) is 15.5. The van der Waals surface area contributed by atoms with Gasteiger partial charge in [0, 0.05) is 10.9 Å². The van der Waals surface area contributed by atoms with Crippen LogP contribution in [0.5, 0.6) is 0 Å². The summed E-state index contributed by atoms with van der Waals surface area (Å²) >= 11 is 0. The molecular formula is C21H23FN3O2+. The number of amides is 1. The first-order valence-corrected chi connectivity index (χ1v) is 9.18. The smallest absolute Gasteiger partial charge is 0.291 e. The number of piperazine rings is 1. The highest BCUT2D eigenvalue weighted by Crippen LogP contribution is 2.29. The first-order valence-electron chi connectivity index (χ1n) is 9.18. The molecule has 140 valence electrons. The lowest BCUT2D eigenvalue weighted by Gasteiger charge is -2.32. The van der Waals surface area contributed by atoms with Crippen molar-refractivity contribution in [2.75, 3.05) is 43.4 Å². The Morgan fingerprint density at radius 3 is 2.70 bits per heavy atom. The highest BCUT2D eigenvalue weighted by Gasteiger charge is 2.22. The van der Waals surface area contributed by atoms with Gasteiger partial charge in [0.1, 0.15) is 11.4 Å². The SMILES string of the molecule is Cc1c(C(=O)Nc2ccccc2N2CC[NH+](C)CC2)oc2ccc(F)cc12. The van der Waals surface area contributed by atoms with Crippen LogP contribution in [0.1, 0.15) is 16.1 Å². The Morgan fingerprint density at radius 2 is 1.93 bits per heavy atom. The summed E-state index contributed by atoms with van der Waals surface area (Å²) in [5.41, 5.74) is 2.92. The number of carbonyl (C=O) groups is 1. The number of anilines is 2. The third kappa shape index (κ3) is 3.40. The minimum absolute atomic E-state index is 0.216. The van der Waals surface area contributed by atoms with Gasteiger partial charge < -0.3 is 19.5 Å². The van der Waals surface area contributed by atoms with Crippen molar-refractivity contribution in [1.82, 2.24) is 0 Å². The summed E-state index contributed by atoms with van der Waals surface area (Å²) in [6.45, 7) is 5.80. The van der Waals surface area contributed by atoms with Gasteiger partial charge in [0.05, 0.1) is 44.6 Å².